The molecule has 25 heavy (non-hydrogen) atoms. The lowest BCUT2D eigenvalue weighted by atomic mass is 9.81. The molecule has 0 bridgehead atoms. The van der Waals surface area contributed by atoms with Crippen molar-refractivity contribution in [3.8, 4) is 0 Å². The normalized spacial score (nSPS) is 25.6. The first-order chi connectivity index (χ1) is 11.8. The fourth-order valence-corrected chi connectivity index (χ4v) is 4.19. The van der Waals surface area contributed by atoms with Gasteiger partial charge in [0.15, 0.2) is 5.16 Å². The first-order valence-corrected chi connectivity index (χ1v) is 10.1. The Morgan fingerprint density at radius 1 is 1.24 bits per heavy atom. The van der Waals surface area contributed by atoms with Gasteiger partial charge in [0.25, 0.3) is 0 Å². The molecular weight excluding hydrogens is 335 g/mol. The van der Waals surface area contributed by atoms with Crippen LogP contribution in [0.2, 0.25) is 0 Å². The number of rotatable bonds is 6. The van der Waals surface area contributed by atoms with Gasteiger partial charge < -0.3 is 15.0 Å². The summed E-state index contributed by atoms with van der Waals surface area (Å²) in [7, 11) is -0.404. The number of thioether (sulfide) groups is 1. The summed E-state index contributed by atoms with van der Waals surface area (Å²) in [5.41, 5.74) is 5.87. The van der Waals surface area contributed by atoms with Crippen LogP contribution in [-0.2, 0) is 9.31 Å². The predicted octanol–water partition coefficient (Wildman–Crippen LogP) is 1.29. The van der Waals surface area contributed by atoms with Crippen molar-refractivity contribution < 1.29 is 9.31 Å². The van der Waals surface area contributed by atoms with E-state index in [4.69, 9.17) is 15.0 Å². The molecule has 2 N–H and O–H groups in total. The molecule has 2 aliphatic heterocycles. The van der Waals surface area contributed by atoms with E-state index in [0.29, 0.717) is 6.04 Å². The minimum Gasteiger partial charge on any atom is -0.399 e. The van der Waals surface area contributed by atoms with E-state index in [-0.39, 0.29) is 11.2 Å². The van der Waals surface area contributed by atoms with Gasteiger partial charge in [-0.15, -0.1) is 0 Å². The first-order valence-electron chi connectivity index (χ1n) is 9.07. The second-order valence-electron chi connectivity index (χ2n) is 7.82. The Kier molecular flexibility index (Phi) is 5.75. The van der Waals surface area contributed by atoms with Crippen molar-refractivity contribution in [1.29, 1.82) is 0 Å². The second kappa shape index (κ2) is 7.52. The van der Waals surface area contributed by atoms with E-state index in [9.17, 15) is 0 Å². The summed E-state index contributed by atoms with van der Waals surface area (Å²) in [5.74, 6) is 1.01. The van der Waals surface area contributed by atoms with Crippen LogP contribution in [0.5, 0.6) is 0 Å². The molecule has 1 aromatic rings. The molecule has 3 heterocycles. The molecule has 0 radical (unpaired) electrons. The Bertz CT molecular complexity index is 569. The third-order valence-corrected chi connectivity index (χ3v) is 6.51. The Labute approximate surface area is 155 Å². The van der Waals surface area contributed by atoms with Gasteiger partial charge in [-0.1, -0.05) is 11.8 Å². The number of hydrogen-bond acceptors (Lipinski definition) is 7. The van der Waals surface area contributed by atoms with E-state index in [1.807, 2.05) is 40.1 Å². The summed E-state index contributed by atoms with van der Waals surface area (Å²) in [6.07, 6.45) is 6.14. The summed E-state index contributed by atoms with van der Waals surface area (Å²) in [5, 5.41) is 0.805. The van der Waals surface area contributed by atoms with Crippen molar-refractivity contribution in [2.24, 2.45) is 5.73 Å². The van der Waals surface area contributed by atoms with Crippen molar-refractivity contribution in [1.82, 2.24) is 14.9 Å². The summed E-state index contributed by atoms with van der Waals surface area (Å²) >= 11 is 1.71. The highest BCUT2D eigenvalue weighted by atomic mass is 32.2. The van der Waals surface area contributed by atoms with E-state index in [0.717, 1.165) is 36.0 Å². The zero-order chi connectivity index (χ0) is 18.1. The topological polar surface area (TPSA) is 73.5 Å². The standard InChI is InChI=1S/C17H29BN4O2S/c1-16(2)17(3,4)24-18(23-16)13-10-20-15(21-11-13)25-12-14-6-5-8-22(14)9-7-19/h10-11,14H,5-9,12,19H2,1-4H3/t14-/m0/s1. The van der Waals surface area contributed by atoms with Gasteiger partial charge >= 0.3 is 7.12 Å². The van der Waals surface area contributed by atoms with Crippen LogP contribution in [0.1, 0.15) is 40.5 Å². The van der Waals surface area contributed by atoms with Crippen LogP contribution in [0.4, 0.5) is 0 Å². The molecule has 0 amide bonds. The minimum atomic E-state index is -0.404. The molecule has 0 unspecified atom stereocenters. The van der Waals surface area contributed by atoms with Crippen LogP contribution in [0.25, 0.3) is 0 Å². The zero-order valence-electron chi connectivity index (χ0n) is 15.7. The molecule has 6 nitrogen and oxygen atoms in total. The maximum Gasteiger partial charge on any atom is 0.498 e. The molecule has 2 aliphatic rings. The summed E-state index contributed by atoms with van der Waals surface area (Å²) in [6, 6.07) is 0.583. The third-order valence-electron chi connectivity index (χ3n) is 5.49. The van der Waals surface area contributed by atoms with Crippen LogP contribution in [0.3, 0.4) is 0 Å². The molecule has 3 rings (SSSR count). The molecule has 0 spiro atoms. The van der Waals surface area contributed by atoms with Crippen LogP contribution < -0.4 is 11.2 Å². The Balaban J connectivity index is 1.56. The highest BCUT2D eigenvalue weighted by molar-refractivity contribution is 7.99. The average molecular weight is 364 g/mol. The van der Waals surface area contributed by atoms with Gasteiger partial charge in [-0.25, -0.2) is 9.97 Å². The van der Waals surface area contributed by atoms with Crippen molar-refractivity contribution >= 4 is 24.3 Å². The molecule has 8 heteroatoms. The van der Waals surface area contributed by atoms with Gasteiger partial charge in [0.1, 0.15) is 0 Å². The minimum absolute atomic E-state index is 0.347. The van der Waals surface area contributed by atoms with Crippen LogP contribution in [0.15, 0.2) is 17.6 Å². The van der Waals surface area contributed by atoms with Crippen molar-refractivity contribution in [3.05, 3.63) is 12.4 Å². The third kappa shape index (κ3) is 4.19. The first kappa shape index (κ1) is 19.1. The molecule has 0 aliphatic carbocycles. The van der Waals surface area contributed by atoms with Gasteiger partial charge in [0.2, 0.25) is 0 Å². The van der Waals surface area contributed by atoms with Gasteiger partial charge in [0.05, 0.1) is 11.2 Å². The average Bonchev–Trinajstić information content (AvgIpc) is 3.08. The fourth-order valence-electron chi connectivity index (χ4n) is 3.22. The summed E-state index contributed by atoms with van der Waals surface area (Å²) in [4.78, 5) is 11.5. The SMILES string of the molecule is CC1(C)OB(c2cnc(SC[C@@H]3CCCN3CCN)nc2)OC1(C)C. The Morgan fingerprint density at radius 2 is 1.88 bits per heavy atom. The molecule has 138 valence electrons. The zero-order valence-corrected chi connectivity index (χ0v) is 16.5. The fraction of sp³-hybridized carbons (Fsp3) is 0.765. The molecular formula is C17H29BN4O2S. The molecule has 2 fully saturated rings. The lowest BCUT2D eigenvalue weighted by Crippen LogP contribution is -2.41. The lowest BCUT2D eigenvalue weighted by molar-refractivity contribution is 0.00578. The Morgan fingerprint density at radius 3 is 2.48 bits per heavy atom. The molecule has 1 aromatic heterocycles. The van der Waals surface area contributed by atoms with E-state index in [1.165, 1.54) is 12.8 Å². The highest BCUT2D eigenvalue weighted by Crippen LogP contribution is 2.36. The molecule has 0 aromatic carbocycles. The number of aromatic nitrogens is 2. The Hall–Kier alpha value is -0.665. The maximum atomic E-state index is 6.04. The van der Waals surface area contributed by atoms with Crippen molar-refractivity contribution in [3.63, 3.8) is 0 Å². The van der Waals surface area contributed by atoms with E-state index in [1.54, 1.807) is 11.8 Å². The summed E-state index contributed by atoms with van der Waals surface area (Å²) in [6.45, 7) is 11.1. The van der Waals surface area contributed by atoms with Crippen molar-refractivity contribution in [2.45, 2.75) is 62.9 Å². The number of nitrogens with zero attached hydrogens (tertiary/aromatic N) is 3. The van der Waals surface area contributed by atoms with E-state index in [2.05, 4.69) is 14.9 Å². The van der Waals surface area contributed by atoms with Gasteiger partial charge in [-0.05, 0) is 47.1 Å². The van der Waals surface area contributed by atoms with E-state index >= 15 is 0 Å². The number of likely N-dealkylation sites (tertiary alicyclic amines) is 1. The van der Waals surface area contributed by atoms with Gasteiger partial charge in [0, 0.05) is 42.7 Å². The smallest absolute Gasteiger partial charge is 0.399 e. The molecule has 1 atom stereocenters. The highest BCUT2D eigenvalue weighted by Gasteiger charge is 2.51. The molecule has 0 saturated carbocycles. The van der Waals surface area contributed by atoms with Crippen LogP contribution in [-0.4, -0.2) is 64.6 Å². The van der Waals surface area contributed by atoms with Crippen molar-refractivity contribution in [2.75, 3.05) is 25.4 Å². The van der Waals surface area contributed by atoms with Crippen LogP contribution in [0, 0.1) is 0 Å². The van der Waals surface area contributed by atoms with Gasteiger partial charge in [-0.3, -0.25) is 4.90 Å². The molecule has 2 saturated heterocycles. The largest absolute Gasteiger partial charge is 0.498 e. The monoisotopic (exact) mass is 364 g/mol. The second-order valence-corrected chi connectivity index (χ2v) is 8.81. The van der Waals surface area contributed by atoms with Gasteiger partial charge in [-0.2, -0.15) is 0 Å². The lowest BCUT2D eigenvalue weighted by Gasteiger charge is -2.32. The maximum absolute atomic E-state index is 6.04. The van der Waals surface area contributed by atoms with Crippen LogP contribution >= 0.6 is 11.8 Å². The van der Waals surface area contributed by atoms with E-state index < -0.39 is 7.12 Å². The predicted molar refractivity (Wildman–Crippen MR) is 102 cm³/mol. The summed E-state index contributed by atoms with van der Waals surface area (Å²) < 4.78 is 12.1. The number of hydrogen-bond donors (Lipinski definition) is 1. The number of nitrogens with two attached hydrogens (primary N) is 1. The quantitative estimate of drug-likeness (QED) is 0.463.